The third-order valence-corrected chi connectivity index (χ3v) is 13.5. The lowest BCUT2D eigenvalue weighted by atomic mass is 9.79. The first kappa shape index (κ1) is 36.8. The van der Waals surface area contributed by atoms with E-state index in [1.54, 1.807) is 0 Å². The van der Waals surface area contributed by atoms with E-state index in [-0.39, 0.29) is 10.8 Å². The van der Waals surface area contributed by atoms with Gasteiger partial charge in [-0.1, -0.05) is 210 Å². The van der Waals surface area contributed by atoms with E-state index >= 15 is 0 Å². The Hall–Kier alpha value is -7.22. The van der Waals surface area contributed by atoms with E-state index in [0.29, 0.717) is 0 Å². The minimum atomic E-state index is -0.121. The summed E-state index contributed by atoms with van der Waals surface area (Å²) in [4.78, 5) is 2.46. The summed E-state index contributed by atoms with van der Waals surface area (Å²) in [7, 11) is 0. The van der Waals surface area contributed by atoms with Crippen molar-refractivity contribution in [1.29, 1.82) is 0 Å². The summed E-state index contributed by atoms with van der Waals surface area (Å²) >= 11 is 0. The number of hydrogen-bond donors (Lipinski definition) is 0. The molecule has 2 aliphatic rings. The molecule has 0 heterocycles. The van der Waals surface area contributed by atoms with Crippen molar-refractivity contribution >= 4 is 17.1 Å². The van der Waals surface area contributed by atoms with Gasteiger partial charge in [-0.25, -0.2) is 0 Å². The Balaban J connectivity index is 1.01. The number of rotatable bonds is 7. The van der Waals surface area contributed by atoms with Crippen molar-refractivity contribution in [3.63, 3.8) is 0 Å². The van der Waals surface area contributed by atoms with Crippen molar-refractivity contribution in [2.75, 3.05) is 4.90 Å². The van der Waals surface area contributed by atoms with Gasteiger partial charge in [0, 0.05) is 27.8 Å². The van der Waals surface area contributed by atoms with Crippen molar-refractivity contribution in [2.24, 2.45) is 0 Å². The number of para-hydroxylation sites is 1. The highest BCUT2D eigenvalue weighted by Crippen LogP contribution is 2.54. The van der Waals surface area contributed by atoms with E-state index in [1.165, 1.54) is 89.0 Å². The van der Waals surface area contributed by atoms with Gasteiger partial charge in [0.1, 0.15) is 0 Å². The van der Waals surface area contributed by atoms with Crippen LogP contribution >= 0.6 is 0 Å². The number of anilines is 3. The summed E-state index contributed by atoms with van der Waals surface area (Å²) in [5, 5.41) is 0. The third-order valence-electron chi connectivity index (χ3n) is 13.5. The molecule has 0 N–H and O–H groups in total. The first-order valence-corrected chi connectivity index (χ1v) is 21.5. The quantitative estimate of drug-likeness (QED) is 0.156. The zero-order chi connectivity index (χ0) is 41.3. The van der Waals surface area contributed by atoms with Crippen LogP contribution in [0.4, 0.5) is 17.1 Å². The number of benzene rings is 9. The molecule has 0 bridgehead atoms. The summed E-state index contributed by atoms with van der Waals surface area (Å²) in [5.41, 5.74) is 23.8. The standard InChI is InChI=1S/C60H47N/c1-59(2)54-22-11-8-18-50(54)52-38-37-47(39-56(52)59)61(46-35-33-45(34-36-46)49-20-14-21-53-51-19-9-12-23-55(51)60(3,4)58(49)53)57-24-13-10-17-48(57)44-31-29-43(30-32-44)42-27-25-41(26-28-42)40-15-6-5-7-16-40/h5-39H,1-4H3. The maximum atomic E-state index is 2.46. The molecule has 9 aromatic rings. The fourth-order valence-electron chi connectivity index (χ4n) is 10.4. The summed E-state index contributed by atoms with van der Waals surface area (Å²) < 4.78 is 0. The summed E-state index contributed by atoms with van der Waals surface area (Å²) in [6.07, 6.45) is 0. The van der Waals surface area contributed by atoms with Gasteiger partial charge < -0.3 is 4.90 Å². The van der Waals surface area contributed by atoms with Gasteiger partial charge in [-0.15, -0.1) is 0 Å². The lowest BCUT2D eigenvalue weighted by Crippen LogP contribution is -2.17. The Labute approximate surface area is 360 Å². The summed E-state index contributed by atoms with van der Waals surface area (Å²) in [6, 6.07) is 78.4. The Morgan fingerprint density at radius 1 is 0.279 bits per heavy atom. The minimum Gasteiger partial charge on any atom is -0.310 e. The molecule has 1 nitrogen and oxygen atoms in total. The van der Waals surface area contributed by atoms with Crippen LogP contribution in [0, 0.1) is 0 Å². The third kappa shape index (κ3) is 5.99. The van der Waals surface area contributed by atoms with E-state index in [0.717, 1.165) is 17.1 Å². The average molecular weight is 782 g/mol. The Kier molecular flexibility index (Phi) is 8.58. The van der Waals surface area contributed by atoms with Crippen LogP contribution in [-0.4, -0.2) is 0 Å². The lowest BCUT2D eigenvalue weighted by Gasteiger charge is -2.30. The largest absolute Gasteiger partial charge is 0.310 e. The van der Waals surface area contributed by atoms with E-state index in [9.17, 15) is 0 Å². The first-order chi connectivity index (χ1) is 29.8. The fraction of sp³-hybridized carbons (Fsp3) is 0.100. The second kappa shape index (κ2) is 14.2. The monoisotopic (exact) mass is 781 g/mol. The van der Waals surface area contributed by atoms with Crippen LogP contribution in [0.25, 0.3) is 66.8 Å². The van der Waals surface area contributed by atoms with Crippen molar-refractivity contribution in [1.82, 2.24) is 0 Å². The molecule has 11 rings (SSSR count). The number of hydrogen-bond acceptors (Lipinski definition) is 1. The van der Waals surface area contributed by atoms with Crippen LogP contribution in [-0.2, 0) is 10.8 Å². The summed E-state index contributed by atoms with van der Waals surface area (Å²) in [5.74, 6) is 0. The highest BCUT2D eigenvalue weighted by atomic mass is 15.1. The Morgan fingerprint density at radius 3 is 1.36 bits per heavy atom. The van der Waals surface area contributed by atoms with E-state index in [2.05, 4.69) is 245 Å². The van der Waals surface area contributed by atoms with E-state index < -0.39 is 0 Å². The van der Waals surface area contributed by atoms with Crippen molar-refractivity contribution in [3.8, 4) is 66.8 Å². The lowest BCUT2D eigenvalue weighted by molar-refractivity contribution is 0.660. The molecular formula is C60H47N. The number of nitrogens with zero attached hydrogens (tertiary/aromatic N) is 1. The topological polar surface area (TPSA) is 3.24 Å². The second-order valence-corrected chi connectivity index (χ2v) is 17.7. The molecule has 0 spiro atoms. The molecule has 9 aromatic carbocycles. The molecule has 0 aliphatic heterocycles. The molecule has 0 radical (unpaired) electrons. The van der Waals surface area contributed by atoms with Crippen molar-refractivity contribution < 1.29 is 0 Å². The zero-order valence-electron chi connectivity index (χ0n) is 35.2. The zero-order valence-corrected chi connectivity index (χ0v) is 35.2. The molecule has 61 heavy (non-hydrogen) atoms. The molecule has 0 atom stereocenters. The molecule has 0 saturated heterocycles. The van der Waals surface area contributed by atoms with Crippen LogP contribution in [0.1, 0.15) is 49.9 Å². The van der Waals surface area contributed by atoms with Gasteiger partial charge in [0.15, 0.2) is 0 Å². The maximum absolute atomic E-state index is 2.46. The van der Waals surface area contributed by atoms with Gasteiger partial charge in [-0.3, -0.25) is 0 Å². The van der Waals surface area contributed by atoms with Crippen LogP contribution in [0.15, 0.2) is 212 Å². The van der Waals surface area contributed by atoms with Crippen LogP contribution in [0.5, 0.6) is 0 Å². The van der Waals surface area contributed by atoms with Crippen molar-refractivity contribution in [2.45, 2.75) is 38.5 Å². The highest BCUT2D eigenvalue weighted by molar-refractivity contribution is 5.93. The number of fused-ring (bicyclic) bond motifs is 6. The molecular weight excluding hydrogens is 735 g/mol. The minimum absolute atomic E-state index is 0.0951. The molecule has 292 valence electrons. The van der Waals surface area contributed by atoms with Gasteiger partial charge in [0.25, 0.3) is 0 Å². The fourth-order valence-corrected chi connectivity index (χ4v) is 10.4. The average Bonchev–Trinajstić information content (AvgIpc) is 3.69. The molecule has 2 aliphatic carbocycles. The maximum Gasteiger partial charge on any atom is 0.0540 e. The Morgan fingerprint density at radius 2 is 0.705 bits per heavy atom. The normalized spacial score (nSPS) is 13.8. The van der Waals surface area contributed by atoms with Gasteiger partial charge in [0.05, 0.1) is 5.69 Å². The summed E-state index contributed by atoms with van der Waals surface area (Å²) in [6.45, 7) is 9.47. The SMILES string of the molecule is CC1(C)c2ccccc2-c2ccc(N(c3ccc(-c4cccc5c4C(C)(C)c4ccccc4-5)cc3)c3ccccc3-c3ccc(-c4ccc(-c5ccccc5)cc4)cc3)cc21. The van der Waals surface area contributed by atoms with Gasteiger partial charge in [-0.2, -0.15) is 0 Å². The smallest absolute Gasteiger partial charge is 0.0540 e. The molecule has 0 saturated carbocycles. The van der Waals surface area contributed by atoms with Gasteiger partial charge in [0.2, 0.25) is 0 Å². The van der Waals surface area contributed by atoms with Crippen molar-refractivity contribution in [3.05, 3.63) is 235 Å². The predicted molar refractivity (Wildman–Crippen MR) is 258 cm³/mol. The molecule has 0 aromatic heterocycles. The molecule has 0 unspecified atom stereocenters. The van der Waals surface area contributed by atoms with Gasteiger partial charge in [-0.05, 0) is 114 Å². The second-order valence-electron chi connectivity index (χ2n) is 17.7. The Bertz CT molecular complexity index is 3100. The van der Waals surface area contributed by atoms with E-state index in [4.69, 9.17) is 0 Å². The molecule has 0 amide bonds. The highest BCUT2D eigenvalue weighted by Gasteiger charge is 2.38. The first-order valence-electron chi connectivity index (χ1n) is 21.5. The van der Waals surface area contributed by atoms with Crippen LogP contribution < -0.4 is 4.90 Å². The molecule has 1 heteroatoms. The molecule has 0 fully saturated rings. The predicted octanol–water partition coefficient (Wildman–Crippen LogP) is 16.4. The van der Waals surface area contributed by atoms with Gasteiger partial charge >= 0.3 is 0 Å². The van der Waals surface area contributed by atoms with Crippen LogP contribution in [0.3, 0.4) is 0 Å². The van der Waals surface area contributed by atoms with E-state index in [1.807, 2.05) is 0 Å². The van der Waals surface area contributed by atoms with Crippen LogP contribution in [0.2, 0.25) is 0 Å².